The molecule has 1 fully saturated rings. The molecule has 4 nitrogen and oxygen atoms in total. The first-order valence-electron chi connectivity index (χ1n) is 7.90. The van der Waals surface area contributed by atoms with Crippen LogP contribution in [0.1, 0.15) is 38.3 Å². The number of nitrogens with zero attached hydrogens (tertiary/aromatic N) is 2. The number of likely N-dealkylation sites (tertiary alicyclic amines) is 1. The number of hydrogen-bond donors (Lipinski definition) is 1. The maximum atomic E-state index is 6.18. The summed E-state index contributed by atoms with van der Waals surface area (Å²) in [4.78, 5) is 6.90. The van der Waals surface area contributed by atoms with Crippen LogP contribution in [0.3, 0.4) is 0 Å². The number of likely N-dealkylation sites (N-methyl/N-ethyl adjacent to an activating group) is 1. The zero-order valence-corrected chi connectivity index (χ0v) is 13.8. The van der Waals surface area contributed by atoms with Crippen molar-refractivity contribution >= 4 is 11.6 Å². The van der Waals surface area contributed by atoms with Crippen LogP contribution in [-0.2, 0) is 6.54 Å². The first kappa shape index (κ1) is 16.5. The molecule has 1 saturated heterocycles. The second-order valence-corrected chi connectivity index (χ2v) is 6.10. The number of piperidine rings is 1. The van der Waals surface area contributed by atoms with Gasteiger partial charge in [0.2, 0.25) is 5.88 Å². The molecule has 1 aliphatic rings. The molecule has 118 valence electrons. The normalized spacial score (nSPS) is 19.7. The fourth-order valence-corrected chi connectivity index (χ4v) is 2.76. The number of aromatic nitrogens is 1. The molecule has 0 bridgehead atoms. The van der Waals surface area contributed by atoms with E-state index in [4.69, 9.17) is 16.3 Å². The summed E-state index contributed by atoms with van der Waals surface area (Å²) in [5.74, 6) is 0.673. The van der Waals surface area contributed by atoms with Crippen LogP contribution in [0.25, 0.3) is 0 Å². The standard InChI is InChI=1S/C16H26ClN3O/c1-3-9-18-11-15-14(17)7-8-16(19-15)21-12-13-6-4-5-10-20(13)2/h7-8,13,18H,3-6,9-12H2,1-2H3. The van der Waals surface area contributed by atoms with Crippen molar-refractivity contribution < 1.29 is 4.74 Å². The predicted octanol–water partition coefficient (Wildman–Crippen LogP) is 3.10. The molecule has 1 aromatic heterocycles. The van der Waals surface area contributed by atoms with Crippen LogP contribution in [0.5, 0.6) is 5.88 Å². The maximum Gasteiger partial charge on any atom is 0.213 e. The van der Waals surface area contributed by atoms with Gasteiger partial charge < -0.3 is 15.0 Å². The van der Waals surface area contributed by atoms with E-state index in [0.29, 0.717) is 30.1 Å². The molecular weight excluding hydrogens is 286 g/mol. The van der Waals surface area contributed by atoms with Crippen molar-refractivity contribution in [2.24, 2.45) is 0 Å². The summed E-state index contributed by atoms with van der Waals surface area (Å²) in [5, 5.41) is 4.02. The van der Waals surface area contributed by atoms with Crippen LogP contribution < -0.4 is 10.1 Å². The molecule has 2 rings (SSSR count). The minimum atomic E-state index is 0.498. The predicted molar refractivity (Wildman–Crippen MR) is 87.0 cm³/mol. The van der Waals surface area contributed by atoms with Crippen molar-refractivity contribution in [1.29, 1.82) is 0 Å². The minimum absolute atomic E-state index is 0.498. The number of pyridine rings is 1. The zero-order valence-electron chi connectivity index (χ0n) is 13.1. The molecule has 5 heteroatoms. The van der Waals surface area contributed by atoms with E-state index in [1.54, 1.807) is 0 Å². The van der Waals surface area contributed by atoms with Crippen molar-refractivity contribution in [2.45, 2.75) is 45.2 Å². The third-order valence-electron chi connectivity index (χ3n) is 3.96. The summed E-state index contributed by atoms with van der Waals surface area (Å²) in [6, 6.07) is 4.23. The van der Waals surface area contributed by atoms with Gasteiger partial charge in [0.05, 0.1) is 10.7 Å². The van der Waals surface area contributed by atoms with Crippen molar-refractivity contribution in [3.8, 4) is 5.88 Å². The highest BCUT2D eigenvalue weighted by atomic mass is 35.5. The summed E-state index contributed by atoms with van der Waals surface area (Å²) < 4.78 is 5.88. The molecule has 1 unspecified atom stereocenters. The Morgan fingerprint density at radius 1 is 1.43 bits per heavy atom. The molecule has 1 aliphatic heterocycles. The van der Waals surface area contributed by atoms with Gasteiger partial charge in [-0.2, -0.15) is 0 Å². The molecule has 1 aromatic rings. The van der Waals surface area contributed by atoms with Crippen LogP contribution >= 0.6 is 11.6 Å². The number of hydrogen-bond acceptors (Lipinski definition) is 4. The van der Waals surface area contributed by atoms with Crippen molar-refractivity contribution in [2.75, 3.05) is 26.7 Å². The third kappa shape index (κ3) is 5.13. The van der Waals surface area contributed by atoms with Gasteiger partial charge in [0.25, 0.3) is 0 Å². The maximum absolute atomic E-state index is 6.18. The van der Waals surface area contributed by atoms with Crippen molar-refractivity contribution in [3.63, 3.8) is 0 Å². The zero-order chi connectivity index (χ0) is 15.1. The average Bonchev–Trinajstić information content (AvgIpc) is 2.49. The summed E-state index contributed by atoms with van der Waals surface area (Å²) in [5.41, 5.74) is 0.861. The number of nitrogens with one attached hydrogen (secondary N) is 1. The summed E-state index contributed by atoms with van der Waals surface area (Å²) in [6.45, 7) is 5.66. The van der Waals surface area contributed by atoms with Gasteiger partial charge in [-0.15, -0.1) is 0 Å². The van der Waals surface area contributed by atoms with E-state index >= 15 is 0 Å². The number of halogens is 1. The Balaban J connectivity index is 1.89. The molecule has 0 spiro atoms. The van der Waals surface area contributed by atoms with E-state index in [-0.39, 0.29) is 0 Å². The van der Waals surface area contributed by atoms with E-state index in [1.165, 1.54) is 19.3 Å². The van der Waals surface area contributed by atoms with Crippen LogP contribution in [-0.4, -0.2) is 42.7 Å². The Morgan fingerprint density at radius 3 is 3.05 bits per heavy atom. The molecule has 0 amide bonds. The number of rotatable bonds is 7. The van der Waals surface area contributed by atoms with E-state index in [1.807, 2.05) is 12.1 Å². The molecule has 0 aliphatic carbocycles. The largest absolute Gasteiger partial charge is 0.476 e. The van der Waals surface area contributed by atoms with Crippen LogP contribution in [0, 0.1) is 0 Å². The van der Waals surface area contributed by atoms with Gasteiger partial charge >= 0.3 is 0 Å². The van der Waals surface area contributed by atoms with Gasteiger partial charge in [-0.25, -0.2) is 4.98 Å². The highest BCUT2D eigenvalue weighted by molar-refractivity contribution is 6.31. The van der Waals surface area contributed by atoms with Crippen molar-refractivity contribution in [1.82, 2.24) is 15.2 Å². The average molecular weight is 312 g/mol. The second-order valence-electron chi connectivity index (χ2n) is 5.70. The van der Waals surface area contributed by atoms with Gasteiger partial charge in [-0.1, -0.05) is 24.9 Å². The number of ether oxygens (including phenoxy) is 1. The molecule has 21 heavy (non-hydrogen) atoms. The Bertz CT molecular complexity index is 442. The SMILES string of the molecule is CCCNCc1nc(OCC2CCCCN2C)ccc1Cl. The van der Waals surface area contributed by atoms with E-state index < -0.39 is 0 Å². The van der Waals surface area contributed by atoms with Gasteiger partial charge in [0, 0.05) is 18.7 Å². The van der Waals surface area contributed by atoms with E-state index in [2.05, 4.69) is 29.2 Å². The first-order valence-corrected chi connectivity index (χ1v) is 8.27. The first-order chi connectivity index (χ1) is 10.2. The molecular formula is C16H26ClN3O. The molecule has 1 atom stereocenters. The second kappa shape index (κ2) is 8.57. The summed E-state index contributed by atoms with van der Waals surface area (Å²) in [7, 11) is 2.17. The van der Waals surface area contributed by atoms with E-state index in [0.717, 1.165) is 25.2 Å². The Morgan fingerprint density at radius 2 is 2.29 bits per heavy atom. The van der Waals surface area contributed by atoms with Crippen LogP contribution in [0.15, 0.2) is 12.1 Å². The van der Waals surface area contributed by atoms with Crippen LogP contribution in [0.4, 0.5) is 0 Å². The smallest absolute Gasteiger partial charge is 0.213 e. The van der Waals surface area contributed by atoms with E-state index in [9.17, 15) is 0 Å². The lowest BCUT2D eigenvalue weighted by atomic mass is 10.0. The van der Waals surface area contributed by atoms with Gasteiger partial charge in [0.1, 0.15) is 6.61 Å². The molecule has 2 heterocycles. The lowest BCUT2D eigenvalue weighted by Gasteiger charge is -2.32. The van der Waals surface area contributed by atoms with Gasteiger partial charge in [-0.3, -0.25) is 0 Å². The monoisotopic (exact) mass is 311 g/mol. The quantitative estimate of drug-likeness (QED) is 0.785. The minimum Gasteiger partial charge on any atom is -0.476 e. The highest BCUT2D eigenvalue weighted by Gasteiger charge is 2.19. The fraction of sp³-hybridized carbons (Fsp3) is 0.688. The molecule has 0 aromatic carbocycles. The summed E-state index contributed by atoms with van der Waals surface area (Å²) in [6.07, 6.45) is 4.88. The Hall–Kier alpha value is -0.840. The van der Waals surface area contributed by atoms with Crippen LogP contribution in [0.2, 0.25) is 5.02 Å². The lowest BCUT2D eigenvalue weighted by molar-refractivity contribution is 0.122. The van der Waals surface area contributed by atoms with Gasteiger partial charge in [-0.05, 0) is 45.5 Å². The topological polar surface area (TPSA) is 37.4 Å². The van der Waals surface area contributed by atoms with Gasteiger partial charge in [0.15, 0.2) is 0 Å². The Kier molecular flexibility index (Phi) is 6.74. The fourth-order valence-electron chi connectivity index (χ4n) is 2.59. The molecule has 0 saturated carbocycles. The lowest BCUT2D eigenvalue weighted by Crippen LogP contribution is -2.40. The Labute approximate surface area is 132 Å². The molecule has 1 N–H and O–H groups in total. The highest BCUT2D eigenvalue weighted by Crippen LogP contribution is 2.20. The summed E-state index contributed by atoms with van der Waals surface area (Å²) >= 11 is 6.18. The third-order valence-corrected chi connectivity index (χ3v) is 4.30. The molecule has 0 radical (unpaired) electrons. The van der Waals surface area contributed by atoms with Crippen molar-refractivity contribution in [3.05, 3.63) is 22.8 Å².